The van der Waals surface area contributed by atoms with Gasteiger partial charge in [0, 0.05) is 12.5 Å². The number of unbranched alkanes of at least 4 members (excludes halogenated alkanes) is 1. The van der Waals surface area contributed by atoms with E-state index in [2.05, 4.69) is 55.5 Å². The van der Waals surface area contributed by atoms with Gasteiger partial charge in [-0.1, -0.05) is 68.8 Å². The number of rotatable bonds is 7. The molecule has 2 nitrogen and oxygen atoms in total. The van der Waals surface area contributed by atoms with Gasteiger partial charge in [0.1, 0.15) is 6.29 Å². The van der Waals surface area contributed by atoms with Crippen molar-refractivity contribution in [2.45, 2.75) is 32.1 Å². The van der Waals surface area contributed by atoms with Crippen molar-refractivity contribution < 1.29 is 9.53 Å². The van der Waals surface area contributed by atoms with Crippen LogP contribution in [0.4, 0.5) is 0 Å². The van der Waals surface area contributed by atoms with Crippen LogP contribution in [0.5, 0.6) is 0 Å². The Hall–Kier alpha value is -1.93. The topological polar surface area (TPSA) is 26.3 Å². The summed E-state index contributed by atoms with van der Waals surface area (Å²) in [4.78, 5) is 11.7. The molecule has 0 saturated carbocycles. The van der Waals surface area contributed by atoms with E-state index in [0.717, 1.165) is 25.7 Å². The zero-order chi connectivity index (χ0) is 16.3. The number of hydrogen-bond donors (Lipinski definition) is 0. The quantitative estimate of drug-likeness (QED) is 0.552. The van der Waals surface area contributed by atoms with Crippen molar-refractivity contribution in [1.29, 1.82) is 0 Å². The summed E-state index contributed by atoms with van der Waals surface area (Å²) in [7, 11) is 0. The second kappa shape index (κ2) is 6.67. The molecule has 2 aromatic rings. The molecule has 0 radical (unpaired) electrons. The number of benzene rings is 2. The van der Waals surface area contributed by atoms with Gasteiger partial charge < -0.3 is 9.53 Å². The first kappa shape index (κ1) is 15.9. The molecule has 0 aliphatic heterocycles. The molecule has 3 rings (SSSR count). The predicted molar refractivity (Wildman–Crippen MR) is 93.6 cm³/mol. The molecule has 0 spiro atoms. The van der Waals surface area contributed by atoms with Crippen LogP contribution in [0.1, 0.15) is 37.8 Å². The summed E-state index contributed by atoms with van der Waals surface area (Å²) >= 11 is 0. The predicted octanol–water partition coefficient (Wildman–Crippen LogP) is 4.60. The number of carbonyl (C=O) groups is 1. The van der Waals surface area contributed by atoms with Gasteiger partial charge in [-0.05, 0) is 28.7 Å². The van der Waals surface area contributed by atoms with Gasteiger partial charge in [-0.3, -0.25) is 0 Å². The van der Waals surface area contributed by atoms with Gasteiger partial charge in [-0.25, -0.2) is 0 Å². The Balaban J connectivity index is 2.12. The summed E-state index contributed by atoms with van der Waals surface area (Å²) in [5.74, 6) is -0.131. The van der Waals surface area contributed by atoms with Crippen molar-refractivity contribution in [2.24, 2.45) is 5.92 Å². The van der Waals surface area contributed by atoms with Crippen molar-refractivity contribution >= 4 is 6.29 Å². The average molecular weight is 308 g/mol. The third kappa shape index (κ3) is 2.51. The first-order valence-corrected chi connectivity index (χ1v) is 8.48. The van der Waals surface area contributed by atoms with E-state index in [4.69, 9.17) is 4.74 Å². The monoisotopic (exact) mass is 308 g/mol. The number of fused-ring (bicyclic) bond motifs is 3. The lowest BCUT2D eigenvalue weighted by Gasteiger charge is -2.35. The van der Waals surface area contributed by atoms with Crippen LogP contribution in [0.25, 0.3) is 11.1 Å². The number of hydrogen-bond acceptors (Lipinski definition) is 2. The minimum absolute atomic E-state index is 0.131. The first-order valence-electron chi connectivity index (χ1n) is 8.48. The molecule has 2 heteroatoms. The Kier molecular flexibility index (Phi) is 4.63. The summed E-state index contributed by atoms with van der Waals surface area (Å²) in [5.41, 5.74) is 4.53. The molecule has 0 amide bonds. The minimum Gasteiger partial charge on any atom is -0.380 e. The molecule has 0 fully saturated rings. The Labute approximate surface area is 138 Å². The number of carbonyl (C=O) groups excluding carboxylic acids is 1. The van der Waals surface area contributed by atoms with Gasteiger partial charge in [0.05, 0.1) is 12.0 Å². The standard InChI is InChI=1S/C21H24O2/c1-3-4-13-23-15-21(16(2)14-22)19-11-7-5-9-17(19)18-10-6-8-12-20(18)21/h5-12,14,16H,3-4,13,15H2,1-2H3. The third-order valence-corrected chi connectivity index (χ3v) is 5.06. The van der Waals surface area contributed by atoms with Crippen LogP contribution in [-0.4, -0.2) is 19.5 Å². The van der Waals surface area contributed by atoms with Crippen LogP contribution < -0.4 is 0 Å². The van der Waals surface area contributed by atoms with Crippen LogP contribution in [0, 0.1) is 5.92 Å². The molecule has 1 aliphatic rings. The summed E-state index contributed by atoms with van der Waals surface area (Å²) in [6.07, 6.45) is 3.24. The van der Waals surface area contributed by atoms with Gasteiger partial charge in [0.15, 0.2) is 0 Å². The van der Waals surface area contributed by atoms with E-state index >= 15 is 0 Å². The smallest absolute Gasteiger partial charge is 0.124 e. The van der Waals surface area contributed by atoms with Crippen molar-refractivity contribution in [2.75, 3.05) is 13.2 Å². The lowest BCUT2D eigenvalue weighted by Crippen LogP contribution is -2.39. The van der Waals surface area contributed by atoms with Gasteiger partial charge >= 0.3 is 0 Å². The Morgan fingerprint density at radius 2 is 1.61 bits per heavy atom. The minimum atomic E-state index is -0.372. The van der Waals surface area contributed by atoms with Gasteiger partial charge in [0.25, 0.3) is 0 Å². The molecule has 23 heavy (non-hydrogen) atoms. The fraction of sp³-hybridized carbons (Fsp3) is 0.381. The van der Waals surface area contributed by atoms with Gasteiger partial charge in [-0.15, -0.1) is 0 Å². The molecule has 1 atom stereocenters. The highest BCUT2D eigenvalue weighted by Gasteiger charge is 2.47. The second-order valence-corrected chi connectivity index (χ2v) is 6.39. The van der Waals surface area contributed by atoms with Crippen LogP contribution in [-0.2, 0) is 14.9 Å². The fourth-order valence-corrected chi connectivity index (χ4v) is 3.73. The normalized spacial score (nSPS) is 15.7. The van der Waals surface area contributed by atoms with Gasteiger partial charge in [-0.2, -0.15) is 0 Å². The van der Waals surface area contributed by atoms with E-state index in [-0.39, 0.29) is 11.3 Å². The zero-order valence-corrected chi connectivity index (χ0v) is 13.9. The van der Waals surface area contributed by atoms with E-state index in [0.29, 0.717) is 6.61 Å². The number of ether oxygens (including phenoxy) is 1. The first-order chi connectivity index (χ1) is 11.3. The maximum Gasteiger partial charge on any atom is 0.124 e. The van der Waals surface area contributed by atoms with Crippen molar-refractivity contribution in [3.63, 3.8) is 0 Å². The van der Waals surface area contributed by atoms with Crippen molar-refractivity contribution in [3.8, 4) is 11.1 Å². The molecular weight excluding hydrogens is 284 g/mol. The Morgan fingerprint density at radius 1 is 1.04 bits per heavy atom. The molecule has 1 aliphatic carbocycles. The lowest BCUT2D eigenvalue weighted by molar-refractivity contribution is -0.113. The van der Waals surface area contributed by atoms with Crippen LogP contribution in [0.2, 0.25) is 0 Å². The molecule has 0 aromatic heterocycles. The van der Waals surface area contributed by atoms with E-state index in [1.54, 1.807) is 0 Å². The summed E-state index contributed by atoms with van der Waals surface area (Å²) in [6.45, 7) is 5.47. The molecule has 1 unspecified atom stereocenters. The summed E-state index contributed by atoms with van der Waals surface area (Å²) < 4.78 is 6.04. The van der Waals surface area contributed by atoms with E-state index < -0.39 is 0 Å². The SMILES string of the molecule is CCCCOCC1(C(C)C=O)c2ccccc2-c2ccccc21. The zero-order valence-electron chi connectivity index (χ0n) is 13.9. The third-order valence-electron chi connectivity index (χ3n) is 5.06. The van der Waals surface area contributed by atoms with Crippen LogP contribution in [0.3, 0.4) is 0 Å². The van der Waals surface area contributed by atoms with E-state index in [1.807, 2.05) is 6.92 Å². The summed E-state index contributed by atoms with van der Waals surface area (Å²) in [5, 5.41) is 0. The van der Waals surface area contributed by atoms with Crippen LogP contribution in [0.15, 0.2) is 48.5 Å². The van der Waals surface area contributed by atoms with Crippen molar-refractivity contribution in [3.05, 3.63) is 59.7 Å². The Morgan fingerprint density at radius 3 is 2.13 bits per heavy atom. The average Bonchev–Trinajstić information content (AvgIpc) is 2.90. The fourth-order valence-electron chi connectivity index (χ4n) is 3.73. The number of aldehydes is 1. The maximum absolute atomic E-state index is 11.7. The van der Waals surface area contributed by atoms with Crippen LogP contribution >= 0.6 is 0 Å². The highest BCUT2D eigenvalue weighted by molar-refractivity contribution is 5.83. The molecule has 0 N–H and O–H groups in total. The maximum atomic E-state index is 11.7. The molecule has 2 aromatic carbocycles. The molecule has 120 valence electrons. The molecule has 0 bridgehead atoms. The van der Waals surface area contributed by atoms with E-state index in [9.17, 15) is 4.79 Å². The largest absolute Gasteiger partial charge is 0.380 e. The van der Waals surface area contributed by atoms with E-state index in [1.165, 1.54) is 22.3 Å². The molecule has 0 heterocycles. The van der Waals surface area contributed by atoms with Gasteiger partial charge in [0.2, 0.25) is 0 Å². The molecule has 0 saturated heterocycles. The lowest BCUT2D eigenvalue weighted by atomic mass is 9.70. The molecular formula is C21H24O2. The van der Waals surface area contributed by atoms with Crippen molar-refractivity contribution in [1.82, 2.24) is 0 Å². The highest BCUT2D eigenvalue weighted by Crippen LogP contribution is 2.52. The summed E-state index contributed by atoms with van der Waals surface area (Å²) in [6, 6.07) is 16.9. The highest BCUT2D eigenvalue weighted by atomic mass is 16.5. The second-order valence-electron chi connectivity index (χ2n) is 6.39. The Bertz CT molecular complexity index is 644.